The van der Waals surface area contributed by atoms with Crippen LogP contribution in [0.5, 0.6) is 0 Å². The zero-order valence-electron chi connectivity index (χ0n) is 11.7. The molecule has 2 heterocycles. The lowest BCUT2D eigenvalue weighted by atomic mass is 9.79. The number of hydrogen-bond donors (Lipinski definition) is 1. The van der Waals surface area contributed by atoms with Crippen molar-refractivity contribution in [3.8, 4) is 0 Å². The van der Waals surface area contributed by atoms with Gasteiger partial charge in [-0.1, -0.05) is 13.3 Å². The minimum Gasteiger partial charge on any atom is -0.381 e. The van der Waals surface area contributed by atoms with Crippen molar-refractivity contribution in [3.05, 3.63) is 0 Å². The largest absolute Gasteiger partial charge is 0.381 e. The summed E-state index contributed by atoms with van der Waals surface area (Å²) in [5.74, 6) is 0.869. The molecule has 2 aliphatic heterocycles. The summed E-state index contributed by atoms with van der Waals surface area (Å²) in [7, 11) is 0. The Morgan fingerprint density at radius 2 is 1.89 bits per heavy atom. The van der Waals surface area contributed by atoms with Gasteiger partial charge in [-0.15, -0.1) is 0 Å². The third-order valence-corrected chi connectivity index (χ3v) is 5.31. The van der Waals surface area contributed by atoms with Crippen molar-refractivity contribution in [2.75, 3.05) is 26.4 Å². The van der Waals surface area contributed by atoms with Crippen LogP contribution in [0, 0.1) is 11.3 Å². The molecule has 0 aromatic rings. The van der Waals surface area contributed by atoms with Gasteiger partial charge in [-0.25, -0.2) is 0 Å². The molecule has 2 spiro atoms. The average molecular weight is 253 g/mol. The molecule has 1 N–H and O–H groups in total. The van der Waals surface area contributed by atoms with Gasteiger partial charge in [0.05, 0.1) is 6.61 Å². The second kappa shape index (κ2) is 5.10. The maximum atomic E-state index is 6.36. The van der Waals surface area contributed by atoms with Crippen molar-refractivity contribution in [1.29, 1.82) is 0 Å². The number of ether oxygens (including phenoxy) is 2. The van der Waals surface area contributed by atoms with Crippen LogP contribution in [0.25, 0.3) is 0 Å². The van der Waals surface area contributed by atoms with Gasteiger partial charge in [0.1, 0.15) is 5.72 Å². The van der Waals surface area contributed by atoms with Crippen LogP contribution in [-0.4, -0.2) is 32.1 Å². The molecule has 1 aliphatic carbocycles. The maximum Gasteiger partial charge on any atom is 0.119 e. The smallest absolute Gasteiger partial charge is 0.119 e. The fraction of sp³-hybridized carbons (Fsp3) is 1.00. The van der Waals surface area contributed by atoms with Gasteiger partial charge in [0.15, 0.2) is 0 Å². The molecule has 2 saturated heterocycles. The van der Waals surface area contributed by atoms with Crippen LogP contribution in [0.15, 0.2) is 0 Å². The summed E-state index contributed by atoms with van der Waals surface area (Å²) in [5.41, 5.74) is 0.371. The van der Waals surface area contributed by atoms with Crippen LogP contribution in [0.4, 0.5) is 0 Å². The number of hydrogen-bond acceptors (Lipinski definition) is 3. The first kappa shape index (κ1) is 12.9. The summed E-state index contributed by atoms with van der Waals surface area (Å²) in [6, 6.07) is 0. The van der Waals surface area contributed by atoms with Crippen LogP contribution in [0.3, 0.4) is 0 Å². The molecule has 0 radical (unpaired) electrons. The lowest BCUT2D eigenvalue weighted by Crippen LogP contribution is -2.60. The highest BCUT2D eigenvalue weighted by Gasteiger charge is 2.44. The first-order valence-electron chi connectivity index (χ1n) is 7.69. The highest BCUT2D eigenvalue weighted by atomic mass is 16.5. The first-order chi connectivity index (χ1) is 8.72. The van der Waals surface area contributed by atoms with E-state index in [4.69, 9.17) is 9.47 Å². The van der Waals surface area contributed by atoms with Crippen LogP contribution in [0.1, 0.15) is 51.9 Å². The molecule has 2 atom stereocenters. The quantitative estimate of drug-likeness (QED) is 0.720. The summed E-state index contributed by atoms with van der Waals surface area (Å²) in [5, 5.41) is 3.78. The standard InChI is InChI=1S/C15H27NO2/c1-13-3-2-5-15(6-4-13)16-11-14(12-18-15)7-9-17-10-8-14/h13,16H,2-12H2,1H3. The molecule has 104 valence electrons. The number of rotatable bonds is 0. The molecule has 3 heteroatoms. The summed E-state index contributed by atoms with van der Waals surface area (Å²) >= 11 is 0. The monoisotopic (exact) mass is 253 g/mol. The molecule has 1 saturated carbocycles. The normalized spacial score (nSPS) is 40.8. The van der Waals surface area contributed by atoms with Crippen molar-refractivity contribution in [2.24, 2.45) is 11.3 Å². The zero-order valence-corrected chi connectivity index (χ0v) is 11.7. The zero-order chi connectivity index (χ0) is 12.5. The lowest BCUT2D eigenvalue weighted by molar-refractivity contribution is -0.171. The second-order valence-electron chi connectivity index (χ2n) is 6.78. The molecule has 3 aliphatic rings. The minimum atomic E-state index is 0.00825. The fourth-order valence-corrected chi connectivity index (χ4v) is 3.67. The van der Waals surface area contributed by atoms with Crippen molar-refractivity contribution >= 4 is 0 Å². The Morgan fingerprint density at radius 3 is 2.61 bits per heavy atom. The SMILES string of the molecule is CC1CCCC2(CC1)NCC1(CCOCC1)CO2. The Morgan fingerprint density at radius 1 is 1.06 bits per heavy atom. The number of nitrogens with one attached hydrogen (secondary N) is 1. The molecule has 3 fully saturated rings. The molecule has 3 nitrogen and oxygen atoms in total. The first-order valence-corrected chi connectivity index (χ1v) is 7.69. The Bertz CT molecular complexity index is 276. The molecule has 0 bridgehead atoms. The molecular weight excluding hydrogens is 226 g/mol. The highest BCUT2D eigenvalue weighted by molar-refractivity contribution is 4.94. The molecule has 3 rings (SSSR count). The molecule has 2 unspecified atom stereocenters. The van der Waals surface area contributed by atoms with E-state index in [9.17, 15) is 0 Å². The van der Waals surface area contributed by atoms with E-state index in [2.05, 4.69) is 12.2 Å². The van der Waals surface area contributed by atoms with Crippen molar-refractivity contribution in [2.45, 2.75) is 57.6 Å². The van der Waals surface area contributed by atoms with E-state index < -0.39 is 0 Å². The van der Waals surface area contributed by atoms with Crippen LogP contribution < -0.4 is 5.32 Å². The van der Waals surface area contributed by atoms with E-state index in [1.165, 1.54) is 32.1 Å². The molecule has 0 amide bonds. The van der Waals surface area contributed by atoms with Gasteiger partial charge in [-0.3, -0.25) is 5.32 Å². The third-order valence-electron chi connectivity index (χ3n) is 5.31. The van der Waals surface area contributed by atoms with Crippen molar-refractivity contribution < 1.29 is 9.47 Å². The third kappa shape index (κ3) is 2.59. The van der Waals surface area contributed by atoms with Gasteiger partial charge in [-0.2, -0.15) is 0 Å². The van der Waals surface area contributed by atoms with E-state index in [1.807, 2.05) is 0 Å². The van der Waals surface area contributed by atoms with Crippen molar-refractivity contribution in [3.63, 3.8) is 0 Å². The van der Waals surface area contributed by atoms with E-state index in [0.717, 1.165) is 45.1 Å². The highest BCUT2D eigenvalue weighted by Crippen LogP contribution is 2.40. The minimum absolute atomic E-state index is 0.00825. The maximum absolute atomic E-state index is 6.36. The van der Waals surface area contributed by atoms with Gasteiger partial charge in [0.2, 0.25) is 0 Å². The van der Waals surface area contributed by atoms with Crippen LogP contribution in [0.2, 0.25) is 0 Å². The summed E-state index contributed by atoms with van der Waals surface area (Å²) in [6.07, 6.45) is 8.70. The van der Waals surface area contributed by atoms with Crippen LogP contribution in [-0.2, 0) is 9.47 Å². The van der Waals surface area contributed by atoms with Gasteiger partial charge in [-0.05, 0) is 44.4 Å². The Hall–Kier alpha value is -0.120. The molecular formula is C15H27NO2. The summed E-state index contributed by atoms with van der Waals surface area (Å²) < 4.78 is 11.8. The van der Waals surface area contributed by atoms with E-state index >= 15 is 0 Å². The Balaban J connectivity index is 1.61. The lowest BCUT2D eigenvalue weighted by Gasteiger charge is -2.48. The van der Waals surface area contributed by atoms with Crippen molar-refractivity contribution in [1.82, 2.24) is 5.32 Å². The second-order valence-corrected chi connectivity index (χ2v) is 6.78. The molecule has 0 aromatic heterocycles. The fourth-order valence-electron chi connectivity index (χ4n) is 3.67. The topological polar surface area (TPSA) is 30.5 Å². The predicted octanol–water partition coefficient (Wildman–Crippen LogP) is 2.70. The average Bonchev–Trinajstić information content (AvgIpc) is 2.58. The predicted molar refractivity (Wildman–Crippen MR) is 71.4 cm³/mol. The van der Waals surface area contributed by atoms with E-state index in [0.29, 0.717) is 5.41 Å². The van der Waals surface area contributed by atoms with Gasteiger partial charge in [0.25, 0.3) is 0 Å². The van der Waals surface area contributed by atoms with E-state index in [1.54, 1.807) is 0 Å². The van der Waals surface area contributed by atoms with Crippen LogP contribution >= 0.6 is 0 Å². The Labute approximate surface area is 111 Å². The van der Waals surface area contributed by atoms with Gasteiger partial charge >= 0.3 is 0 Å². The Kier molecular flexibility index (Phi) is 3.65. The van der Waals surface area contributed by atoms with Gasteiger partial charge < -0.3 is 9.47 Å². The van der Waals surface area contributed by atoms with Gasteiger partial charge in [0, 0.05) is 25.2 Å². The summed E-state index contributed by atoms with van der Waals surface area (Å²) in [6.45, 7) is 6.27. The van der Waals surface area contributed by atoms with E-state index in [-0.39, 0.29) is 5.72 Å². The molecule has 18 heavy (non-hydrogen) atoms. The summed E-state index contributed by atoms with van der Waals surface area (Å²) in [4.78, 5) is 0. The molecule has 0 aromatic carbocycles.